The van der Waals surface area contributed by atoms with E-state index in [1.165, 1.54) is 0 Å². The molecule has 0 spiro atoms. The molecule has 2 atom stereocenters. The van der Waals surface area contributed by atoms with Gasteiger partial charge in [0, 0.05) is 12.6 Å². The molecule has 1 aromatic carbocycles. The average Bonchev–Trinajstić information content (AvgIpc) is 2.79. The highest BCUT2D eigenvalue weighted by molar-refractivity contribution is 5.56. The van der Waals surface area contributed by atoms with Gasteiger partial charge in [0.15, 0.2) is 5.82 Å². The van der Waals surface area contributed by atoms with Crippen LogP contribution in [0.1, 0.15) is 13.8 Å². The molecule has 0 aliphatic heterocycles. The van der Waals surface area contributed by atoms with E-state index in [-0.39, 0.29) is 0 Å². The first-order valence-electron chi connectivity index (χ1n) is 6.74. The van der Waals surface area contributed by atoms with E-state index in [1.807, 2.05) is 31.3 Å². The molecular formula is C15H19N3O. The molecule has 4 heteroatoms. The van der Waals surface area contributed by atoms with Gasteiger partial charge in [0.2, 0.25) is 0 Å². The summed E-state index contributed by atoms with van der Waals surface area (Å²) in [6, 6.07) is 7.99. The summed E-state index contributed by atoms with van der Waals surface area (Å²) in [7, 11) is 1.87. The number of nitrogens with zero attached hydrogens (tertiary/aromatic N) is 3. The molecule has 3 rings (SSSR count). The SMILES string of the molecule is C[C@H]1C(COc2cccc(-c3ncn(C)n3)c2)[C@@H]1C. The van der Waals surface area contributed by atoms with E-state index < -0.39 is 0 Å². The summed E-state index contributed by atoms with van der Waals surface area (Å²) < 4.78 is 7.58. The molecule has 0 unspecified atom stereocenters. The van der Waals surface area contributed by atoms with Crippen molar-refractivity contribution in [2.45, 2.75) is 13.8 Å². The number of hydrogen-bond donors (Lipinski definition) is 0. The molecule has 1 aliphatic carbocycles. The fourth-order valence-electron chi connectivity index (χ4n) is 2.46. The molecule has 0 bridgehead atoms. The minimum absolute atomic E-state index is 0.705. The van der Waals surface area contributed by atoms with Crippen LogP contribution in [0, 0.1) is 17.8 Å². The number of ether oxygens (including phenoxy) is 1. The third-order valence-corrected chi connectivity index (χ3v) is 4.17. The third kappa shape index (κ3) is 2.48. The van der Waals surface area contributed by atoms with Crippen LogP contribution in [0.2, 0.25) is 0 Å². The van der Waals surface area contributed by atoms with Crippen LogP contribution in [0.25, 0.3) is 11.4 Å². The van der Waals surface area contributed by atoms with Gasteiger partial charge in [0.1, 0.15) is 12.1 Å². The van der Waals surface area contributed by atoms with Crippen molar-refractivity contribution in [3.63, 3.8) is 0 Å². The highest BCUT2D eigenvalue weighted by Crippen LogP contribution is 2.45. The maximum absolute atomic E-state index is 5.88. The van der Waals surface area contributed by atoms with Gasteiger partial charge in [-0.05, 0) is 29.9 Å². The smallest absolute Gasteiger partial charge is 0.181 e. The van der Waals surface area contributed by atoms with Crippen molar-refractivity contribution in [2.24, 2.45) is 24.8 Å². The van der Waals surface area contributed by atoms with Crippen LogP contribution in [0.3, 0.4) is 0 Å². The van der Waals surface area contributed by atoms with Gasteiger partial charge in [-0.25, -0.2) is 4.98 Å². The van der Waals surface area contributed by atoms with Crippen molar-refractivity contribution < 1.29 is 4.74 Å². The van der Waals surface area contributed by atoms with Gasteiger partial charge < -0.3 is 4.74 Å². The Kier molecular flexibility index (Phi) is 3.01. The first-order chi connectivity index (χ1) is 9.15. The van der Waals surface area contributed by atoms with E-state index in [9.17, 15) is 0 Å². The first kappa shape index (κ1) is 12.2. The van der Waals surface area contributed by atoms with Crippen molar-refractivity contribution in [2.75, 3.05) is 6.61 Å². The fraction of sp³-hybridized carbons (Fsp3) is 0.467. The lowest BCUT2D eigenvalue weighted by Gasteiger charge is -2.06. The van der Waals surface area contributed by atoms with Crippen molar-refractivity contribution in [1.82, 2.24) is 14.8 Å². The number of rotatable bonds is 4. The topological polar surface area (TPSA) is 39.9 Å². The Morgan fingerprint density at radius 1 is 1.26 bits per heavy atom. The zero-order valence-electron chi connectivity index (χ0n) is 11.6. The van der Waals surface area contributed by atoms with E-state index in [1.54, 1.807) is 11.0 Å². The molecule has 0 radical (unpaired) electrons. The van der Waals surface area contributed by atoms with Gasteiger partial charge in [-0.1, -0.05) is 26.0 Å². The van der Waals surface area contributed by atoms with Crippen molar-refractivity contribution in [3.8, 4) is 17.1 Å². The second-order valence-electron chi connectivity index (χ2n) is 5.46. The van der Waals surface area contributed by atoms with Crippen LogP contribution >= 0.6 is 0 Å². The van der Waals surface area contributed by atoms with E-state index in [0.29, 0.717) is 5.92 Å². The first-order valence-corrected chi connectivity index (χ1v) is 6.74. The lowest BCUT2D eigenvalue weighted by Crippen LogP contribution is -2.01. The predicted molar refractivity (Wildman–Crippen MR) is 73.8 cm³/mol. The lowest BCUT2D eigenvalue weighted by atomic mass is 10.2. The number of aromatic nitrogens is 3. The molecule has 4 nitrogen and oxygen atoms in total. The second kappa shape index (κ2) is 4.68. The molecule has 1 heterocycles. The number of hydrogen-bond acceptors (Lipinski definition) is 3. The Hall–Kier alpha value is -1.84. The van der Waals surface area contributed by atoms with Crippen molar-refractivity contribution in [1.29, 1.82) is 0 Å². The zero-order chi connectivity index (χ0) is 13.4. The van der Waals surface area contributed by atoms with E-state index in [4.69, 9.17) is 4.74 Å². The van der Waals surface area contributed by atoms with Crippen molar-refractivity contribution in [3.05, 3.63) is 30.6 Å². The monoisotopic (exact) mass is 257 g/mol. The summed E-state index contributed by atoms with van der Waals surface area (Å²) in [5.41, 5.74) is 0.995. The highest BCUT2D eigenvalue weighted by atomic mass is 16.5. The maximum Gasteiger partial charge on any atom is 0.181 e. The summed E-state index contributed by atoms with van der Waals surface area (Å²) in [6.45, 7) is 5.38. The van der Waals surface area contributed by atoms with Gasteiger partial charge in [-0.15, -0.1) is 0 Å². The van der Waals surface area contributed by atoms with Gasteiger partial charge in [0.05, 0.1) is 6.61 Å². The normalized spacial score (nSPS) is 25.3. The minimum Gasteiger partial charge on any atom is -0.493 e. The summed E-state index contributed by atoms with van der Waals surface area (Å²) >= 11 is 0. The molecule has 0 N–H and O–H groups in total. The third-order valence-electron chi connectivity index (χ3n) is 4.17. The van der Waals surface area contributed by atoms with Crippen LogP contribution in [0.5, 0.6) is 5.75 Å². The molecule has 1 fully saturated rings. The predicted octanol–water partition coefficient (Wildman–Crippen LogP) is 2.76. The standard InChI is InChI=1S/C15H19N3O/c1-10-11(2)14(10)8-19-13-6-4-5-12(7-13)15-16-9-18(3)17-15/h4-7,9-11,14H,8H2,1-3H3/t10-,11-/m1/s1. The molecular weight excluding hydrogens is 238 g/mol. The quantitative estimate of drug-likeness (QED) is 0.845. The largest absolute Gasteiger partial charge is 0.493 e. The van der Waals surface area contributed by atoms with Crippen LogP contribution in [-0.4, -0.2) is 21.4 Å². The summed E-state index contributed by atoms with van der Waals surface area (Å²) in [6.07, 6.45) is 1.70. The molecule has 1 saturated carbocycles. The minimum atomic E-state index is 0.705. The molecule has 1 aliphatic rings. The molecule has 1 aromatic heterocycles. The summed E-state index contributed by atoms with van der Waals surface area (Å²) in [4.78, 5) is 4.26. The number of aryl methyl sites for hydroxylation is 1. The van der Waals surface area contributed by atoms with Gasteiger partial charge in [-0.2, -0.15) is 5.10 Å². The molecule has 100 valence electrons. The fourth-order valence-corrected chi connectivity index (χ4v) is 2.46. The van der Waals surface area contributed by atoms with Gasteiger partial charge in [0.25, 0.3) is 0 Å². The Morgan fingerprint density at radius 3 is 2.68 bits per heavy atom. The Morgan fingerprint density at radius 2 is 2.05 bits per heavy atom. The molecule has 19 heavy (non-hydrogen) atoms. The lowest BCUT2D eigenvalue weighted by molar-refractivity contribution is 0.289. The van der Waals surface area contributed by atoms with Crippen LogP contribution in [0.4, 0.5) is 0 Å². The van der Waals surface area contributed by atoms with E-state index >= 15 is 0 Å². The van der Waals surface area contributed by atoms with Crippen molar-refractivity contribution >= 4 is 0 Å². The zero-order valence-corrected chi connectivity index (χ0v) is 11.6. The molecule has 0 saturated heterocycles. The summed E-state index contributed by atoms with van der Waals surface area (Å²) in [5, 5.41) is 4.30. The molecule has 0 amide bonds. The second-order valence-corrected chi connectivity index (χ2v) is 5.46. The van der Waals surface area contributed by atoms with Crippen LogP contribution < -0.4 is 4.74 Å². The maximum atomic E-state index is 5.88. The molecule has 2 aromatic rings. The Labute approximate surface area is 113 Å². The van der Waals surface area contributed by atoms with Gasteiger partial charge in [-0.3, -0.25) is 4.68 Å². The van der Waals surface area contributed by atoms with Crippen LogP contribution in [-0.2, 0) is 7.05 Å². The Balaban J connectivity index is 1.70. The van der Waals surface area contributed by atoms with E-state index in [2.05, 4.69) is 23.9 Å². The Bertz CT molecular complexity index is 570. The summed E-state index contributed by atoms with van der Waals surface area (Å²) in [5.74, 6) is 3.93. The number of benzene rings is 1. The van der Waals surface area contributed by atoms with Crippen LogP contribution in [0.15, 0.2) is 30.6 Å². The van der Waals surface area contributed by atoms with E-state index in [0.717, 1.165) is 35.6 Å². The average molecular weight is 257 g/mol. The highest BCUT2D eigenvalue weighted by Gasteiger charge is 2.43. The van der Waals surface area contributed by atoms with Gasteiger partial charge >= 0.3 is 0 Å².